The average Bonchev–Trinajstić information content (AvgIpc) is 3.76. The molecule has 0 aliphatic carbocycles. The normalized spacial score (nSPS) is 12.1. The van der Waals surface area contributed by atoms with E-state index in [1.165, 1.54) is 0 Å². The van der Waals surface area contributed by atoms with Crippen LogP contribution in [0.15, 0.2) is 13.2 Å². The number of carboxylic acids is 1. The van der Waals surface area contributed by atoms with E-state index in [0.29, 0.717) is 51.9 Å². The molecule has 0 atom stereocenters. The van der Waals surface area contributed by atoms with Gasteiger partial charge in [0.15, 0.2) is 0 Å². The molecule has 0 unspecified atom stereocenters. The van der Waals surface area contributed by atoms with Gasteiger partial charge >= 0.3 is 5.97 Å². The molecule has 5 rings (SSSR count). The topological polar surface area (TPSA) is 136 Å². The second-order valence-electron chi connectivity index (χ2n) is 13.3. The number of ketones is 1. The van der Waals surface area contributed by atoms with E-state index in [2.05, 4.69) is 85.1 Å². The maximum absolute atomic E-state index is 13.1. The molecule has 0 fully saturated rings. The number of hydrogen-bond acceptors (Lipinski definition) is 4. The zero-order chi connectivity index (χ0) is 36.7. The highest BCUT2D eigenvalue weighted by Gasteiger charge is 2.17. The summed E-state index contributed by atoms with van der Waals surface area (Å²) in [5, 5.41) is 13.3. The molecule has 51 heavy (non-hydrogen) atoms. The Bertz CT molecular complexity index is 2190. The van der Waals surface area contributed by atoms with Gasteiger partial charge in [-0.2, -0.15) is 0 Å². The van der Waals surface area contributed by atoms with Crippen molar-refractivity contribution >= 4 is 48.2 Å². The van der Waals surface area contributed by atoms with Crippen LogP contribution in [0.4, 0.5) is 0 Å². The molecule has 4 aromatic rings. The summed E-state index contributed by atoms with van der Waals surface area (Å²) in [7, 11) is 0. The standard InChI is InChI=1S/C42H52N4O5/c1-8-17-50-19-20-51-18-11-12-29(47)13-14-32-27(6)35-21-34-25(4)30(9-2)38(43-34)22-36-26(5)31(10-3)39(44-36)23-37-28(7)33(15-16-42(48)49)41(46-37)24-40(32)45-35/h9-10,21-24,43-46H,2-3,8,11-20H2,1,4-7H3,(H,48,49). The van der Waals surface area contributed by atoms with Gasteiger partial charge in [0.05, 0.1) is 13.2 Å². The summed E-state index contributed by atoms with van der Waals surface area (Å²) in [5.74, 6) is -0.651. The fourth-order valence-corrected chi connectivity index (χ4v) is 6.92. The van der Waals surface area contributed by atoms with Gasteiger partial charge in [0, 0.05) is 87.8 Å². The Labute approximate surface area is 299 Å². The molecule has 5 heterocycles. The number of carbonyl (C=O) groups excluding carboxylic acids is 1. The minimum Gasteiger partial charge on any atom is -0.481 e. The molecular weight excluding hydrogens is 640 g/mol. The van der Waals surface area contributed by atoms with Crippen molar-refractivity contribution in [1.82, 2.24) is 19.9 Å². The Morgan fingerprint density at radius 2 is 1.22 bits per heavy atom. The third-order valence-electron chi connectivity index (χ3n) is 9.91. The van der Waals surface area contributed by atoms with E-state index in [-0.39, 0.29) is 12.2 Å². The summed E-state index contributed by atoms with van der Waals surface area (Å²) in [6, 6.07) is 0. The second kappa shape index (κ2) is 16.9. The van der Waals surface area contributed by atoms with Crippen molar-refractivity contribution in [3.8, 4) is 0 Å². The number of rotatable bonds is 17. The Morgan fingerprint density at radius 3 is 1.92 bits per heavy atom. The predicted molar refractivity (Wildman–Crippen MR) is 206 cm³/mol. The molecule has 0 radical (unpaired) electrons. The van der Waals surface area contributed by atoms with Gasteiger partial charge < -0.3 is 34.5 Å². The van der Waals surface area contributed by atoms with E-state index in [1.807, 2.05) is 19.1 Å². The van der Waals surface area contributed by atoms with Gasteiger partial charge in [0.2, 0.25) is 0 Å². The van der Waals surface area contributed by atoms with E-state index < -0.39 is 5.97 Å². The van der Waals surface area contributed by atoms with Gasteiger partial charge in [-0.25, -0.2) is 0 Å². The molecule has 1 aliphatic rings. The first-order chi connectivity index (χ1) is 24.6. The van der Waals surface area contributed by atoms with Crippen molar-refractivity contribution in [2.75, 3.05) is 26.4 Å². The van der Waals surface area contributed by atoms with Crippen molar-refractivity contribution < 1.29 is 24.2 Å². The predicted octanol–water partition coefficient (Wildman–Crippen LogP) is 4.89. The maximum Gasteiger partial charge on any atom is 0.303 e. The molecule has 0 amide bonds. The molecule has 0 saturated heterocycles. The molecule has 9 heteroatoms. The van der Waals surface area contributed by atoms with Gasteiger partial charge in [0.1, 0.15) is 5.78 Å². The van der Waals surface area contributed by atoms with Crippen LogP contribution in [0.1, 0.15) is 106 Å². The van der Waals surface area contributed by atoms with Gasteiger partial charge in [-0.05, 0) is 111 Å². The fraction of sp³-hybridized carbons (Fsp3) is 0.381. The highest BCUT2D eigenvalue weighted by molar-refractivity contribution is 5.79. The van der Waals surface area contributed by atoms with Gasteiger partial charge in [-0.15, -0.1) is 0 Å². The van der Waals surface area contributed by atoms with Crippen LogP contribution in [0.3, 0.4) is 0 Å². The van der Waals surface area contributed by atoms with Crippen LogP contribution in [0.2, 0.25) is 0 Å². The Kier molecular flexibility index (Phi) is 12.4. The lowest BCUT2D eigenvalue weighted by Gasteiger charge is -2.05. The highest BCUT2D eigenvalue weighted by Crippen LogP contribution is 2.24. The van der Waals surface area contributed by atoms with Crippen molar-refractivity contribution in [1.29, 1.82) is 0 Å². The number of aromatic nitrogens is 4. The number of aromatic amines is 4. The molecule has 0 aromatic carbocycles. The number of carboxylic acid groups (broad SMARTS) is 1. The van der Waals surface area contributed by atoms with E-state index in [0.717, 1.165) is 102 Å². The van der Waals surface area contributed by atoms with Crippen molar-refractivity contribution in [2.24, 2.45) is 0 Å². The molecule has 0 saturated carbocycles. The Balaban J connectivity index is 1.60. The number of Topliss-reactive ketones (excluding diaryl/α,β-unsaturated/α-hetero) is 1. The lowest BCUT2D eigenvalue weighted by atomic mass is 10.0. The summed E-state index contributed by atoms with van der Waals surface area (Å²) in [4.78, 5) is 39.3. The first-order valence-corrected chi connectivity index (χ1v) is 18.0. The summed E-state index contributed by atoms with van der Waals surface area (Å²) in [5.41, 5.74) is 11.9. The molecule has 5 N–H and O–H groups in total. The lowest BCUT2D eigenvalue weighted by Crippen LogP contribution is -2.14. The number of H-pyrrole nitrogens is 4. The van der Waals surface area contributed by atoms with Crippen LogP contribution in [0.25, 0.3) is 36.5 Å². The SMILES string of the molecule is C=Cc1c2[nH]c(c1C)C=c1[nH]c(c(CCC(=O)CCCOCCOCCC)c1C)=Cc1[nH]c(c(C)c1CCC(=O)O)C=c1[nH]c(c(C)c1C=C)=C2. The fourth-order valence-electron chi connectivity index (χ4n) is 6.92. The number of fused-ring (bicyclic) bond motifs is 8. The number of nitrogens with one attached hydrogen (secondary N) is 4. The molecule has 8 bridgehead atoms. The van der Waals surface area contributed by atoms with E-state index in [1.54, 1.807) is 0 Å². The van der Waals surface area contributed by atoms with E-state index >= 15 is 0 Å². The zero-order valence-corrected chi connectivity index (χ0v) is 30.7. The van der Waals surface area contributed by atoms with Crippen LogP contribution >= 0.6 is 0 Å². The van der Waals surface area contributed by atoms with E-state index in [4.69, 9.17) is 9.47 Å². The highest BCUT2D eigenvalue weighted by atomic mass is 16.5. The van der Waals surface area contributed by atoms with Gasteiger partial charge in [-0.3, -0.25) is 9.59 Å². The summed E-state index contributed by atoms with van der Waals surface area (Å²) < 4.78 is 11.1. The molecule has 0 spiro atoms. The number of carbonyl (C=O) groups is 2. The number of hydrogen-bond donors (Lipinski definition) is 5. The maximum atomic E-state index is 13.1. The van der Waals surface area contributed by atoms with Crippen molar-refractivity contribution in [3.63, 3.8) is 0 Å². The second-order valence-corrected chi connectivity index (χ2v) is 13.3. The molecule has 270 valence electrons. The van der Waals surface area contributed by atoms with Crippen molar-refractivity contribution in [2.45, 2.75) is 79.6 Å². The quantitative estimate of drug-likeness (QED) is 0.0885. The van der Waals surface area contributed by atoms with Crippen LogP contribution < -0.4 is 21.4 Å². The minimum atomic E-state index is -0.846. The first kappa shape index (κ1) is 37.4. The average molecular weight is 693 g/mol. The molecule has 4 aromatic heterocycles. The van der Waals surface area contributed by atoms with Crippen LogP contribution in [0, 0.1) is 27.7 Å². The number of aliphatic carboxylic acids is 1. The summed E-state index contributed by atoms with van der Waals surface area (Å²) >= 11 is 0. The van der Waals surface area contributed by atoms with Crippen LogP contribution in [0.5, 0.6) is 0 Å². The molecule has 1 aliphatic heterocycles. The largest absolute Gasteiger partial charge is 0.481 e. The smallest absolute Gasteiger partial charge is 0.303 e. The Morgan fingerprint density at radius 1 is 0.627 bits per heavy atom. The van der Waals surface area contributed by atoms with Crippen LogP contribution in [-0.2, 0) is 31.9 Å². The third-order valence-corrected chi connectivity index (χ3v) is 9.91. The third kappa shape index (κ3) is 8.55. The van der Waals surface area contributed by atoms with Crippen molar-refractivity contribution in [3.05, 3.63) is 102 Å². The first-order valence-electron chi connectivity index (χ1n) is 18.0. The van der Waals surface area contributed by atoms with Crippen LogP contribution in [-0.4, -0.2) is 63.2 Å². The minimum absolute atomic E-state index is 0.0110. The number of ether oxygens (including phenoxy) is 2. The van der Waals surface area contributed by atoms with E-state index in [9.17, 15) is 14.7 Å². The monoisotopic (exact) mass is 692 g/mol. The summed E-state index contributed by atoms with van der Waals surface area (Å²) in [6.45, 7) is 21.0. The Hall–Kier alpha value is -4.86. The van der Waals surface area contributed by atoms with Gasteiger partial charge in [0.25, 0.3) is 0 Å². The zero-order valence-electron chi connectivity index (χ0n) is 30.7. The lowest BCUT2D eigenvalue weighted by molar-refractivity contribution is -0.137. The van der Waals surface area contributed by atoms with Gasteiger partial charge in [-0.1, -0.05) is 32.2 Å². The molecule has 9 nitrogen and oxygen atoms in total. The molecular formula is C42H52N4O5. The summed E-state index contributed by atoms with van der Waals surface area (Å²) in [6.07, 6.45) is 15.6.